The van der Waals surface area contributed by atoms with Crippen molar-refractivity contribution in [1.82, 2.24) is 10.2 Å². The van der Waals surface area contributed by atoms with E-state index in [1.54, 1.807) is 11.9 Å². The van der Waals surface area contributed by atoms with Crippen molar-refractivity contribution in [2.45, 2.75) is 44.8 Å². The number of hydrogen-bond donors (Lipinski definition) is 1. The van der Waals surface area contributed by atoms with Gasteiger partial charge >= 0.3 is 6.03 Å². The molecule has 2 aliphatic heterocycles. The highest BCUT2D eigenvalue weighted by Gasteiger charge is 2.21. The maximum atomic E-state index is 12.2. The first-order chi connectivity index (χ1) is 12.1. The minimum atomic E-state index is -0.102. The van der Waals surface area contributed by atoms with Crippen molar-refractivity contribution >= 4 is 17.6 Å². The number of anilines is 1. The molecule has 2 saturated heterocycles. The highest BCUT2D eigenvalue weighted by atomic mass is 16.5. The lowest BCUT2D eigenvalue weighted by atomic mass is 10.1. The zero-order valence-electron chi connectivity index (χ0n) is 14.9. The normalized spacial score (nSPS) is 20.6. The Morgan fingerprint density at radius 1 is 1.36 bits per heavy atom. The molecule has 0 bridgehead atoms. The highest BCUT2D eigenvalue weighted by molar-refractivity contribution is 5.94. The molecule has 3 amide bonds. The molecule has 1 aromatic rings. The van der Waals surface area contributed by atoms with Gasteiger partial charge in [-0.05, 0) is 43.4 Å². The van der Waals surface area contributed by atoms with E-state index in [-0.39, 0.29) is 18.0 Å². The molecule has 1 N–H and O–H groups in total. The van der Waals surface area contributed by atoms with Crippen LogP contribution in [-0.2, 0) is 16.1 Å². The molecule has 3 rings (SSSR count). The van der Waals surface area contributed by atoms with Crippen LogP contribution in [0.3, 0.4) is 0 Å². The van der Waals surface area contributed by atoms with Gasteiger partial charge in [-0.3, -0.25) is 4.79 Å². The van der Waals surface area contributed by atoms with Crippen LogP contribution in [0.25, 0.3) is 0 Å². The van der Waals surface area contributed by atoms with Gasteiger partial charge in [0.25, 0.3) is 0 Å². The van der Waals surface area contributed by atoms with Crippen LogP contribution in [-0.4, -0.2) is 49.7 Å². The number of benzene rings is 1. The summed E-state index contributed by atoms with van der Waals surface area (Å²) >= 11 is 0. The van der Waals surface area contributed by atoms with E-state index in [2.05, 4.69) is 5.32 Å². The Labute approximate surface area is 149 Å². The lowest BCUT2D eigenvalue weighted by Gasteiger charge is -2.27. The molecule has 2 heterocycles. The van der Waals surface area contributed by atoms with E-state index in [0.717, 1.165) is 50.1 Å². The average molecular weight is 345 g/mol. The third-order valence-electron chi connectivity index (χ3n) is 4.84. The molecule has 2 fully saturated rings. The third-order valence-corrected chi connectivity index (χ3v) is 4.84. The van der Waals surface area contributed by atoms with Crippen LogP contribution in [0, 0.1) is 0 Å². The summed E-state index contributed by atoms with van der Waals surface area (Å²) in [6.07, 6.45) is 4.88. The molecular formula is C19H27N3O3. The summed E-state index contributed by atoms with van der Waals surface area (Å²) in [6.45, 7) is 2.64. The zero-order valence-corrected chi connectivity index (χ0v) is 14.9. The van der Waals surface area contributed by atoms with Crippen molar-refractivity contribution in [2.24, 2.45) is 0 Å². The number of urea groups is 1. The SMILES string of the molecule is CN(C[C@@H]1CCCO1)C(=O)NCc1cccc(N2CCCCC2=O)c1. The first kappa shape index (κ1) is 17.7. The van der Waals surface area contributed by atoms with Crippen molar-refractivity contribution in [2.75, 3.05) is 31.6 Å². The second-order valence-electron chi connectivity index (χ2n) is 6.85. The van der Waals surface area contributed by atoms with Crippen LogP contribution in [0.4, 0.5) is 10.5 Å². The monoisotopic (exact) mass is 345 g/mol. The number of amides is 3. The van der Waals surface area contributed by atoms with E-state index < -0.39 is 0 Å². The van der Waals surface area contributed by atoms with Crippen LogP contribution >= 0.6 is 0 Å². The zero-order chi connectivity index (χ0) is 17.6. The molecule has 6 heteroatoms. The Bertz CT molecular complexity index is 614. The van der Waals surface area contributed by atoms with Gasteiger partial charge in [0, 0.05) is 45.4 Å². The van der Waals surface area contributed by atoms with Crippen molar-refractivity contribution in [1.29, 1.82) is 0 Å². The van der Waals surface area contributed by atoms with Crippen LogP contribution in [0.5, 0.6) is 0 Å². The predicted octanol–water partition coefficient (Wildman–Crippen LogP) is 2.52. The van der Waals surface area contributed by atoms with Gasteiger partial charge in [-0.15, -0.1) is 0 Å². The largest absolute Gasteiger partial charge is 0.376 e. The molecule has 0 saturated carbocycles. The minimum absolute atomic E-state index is 0.102. The smallest absolute Gasteiger partial charge is 0.317 e. The van der Waals surface area contributed by atoms with Crippen molar-refractivity contribution in [3.63, 3.8) is 0 Å². The maximum Gasteiger partial charge on any atom is 0.317 e. The molecule has 0 aliphatic carbocycles. The first-order valence-electron chi connectivity index (χ1n) is 9.13. The second kappa shape index (κ2) is 8.34. The molecule has 0 spiro atoms. The molecule has 0 unspecified atom stereocenters. The second-order valence-corrected chi connectivity index (χ2v) is 6.85. The number of hydrogen-bond acceptors (Lipinski definition) is 3. The highest BCUT2D eigenvalue weighted by Crippen LogP contribution is 2.22. The Balaban J connectivity index is 1.53. The van der Waals surface area contributed by atoms with E-state index in [1.165, 1.54) is 0 Å². The Kier molecular flexibility index (Phi) is 5.91. The van der Waals surface area contributed by atoms with Gasteiger partial charge in [0.2, 0.25) is 5.91 Å². The van der Waals surface area contributed by atoms with Gasteiger partial charge in [0.1, 0.15) is 0 Å². The summed E-state index contributed by atoms with van der Waals surface area (Å²) in [7, 11) is 1.79. The maximum absolute atomic E-state index is 12.2. The Morgan fingerprint density at radius 3 is 3.00 bits per heavy atom. The predicted molar refractivity (Wildman–Crippen MR) is 96.5 cm³/mol. The van der Waals surface area contributed by atoms with Crippen LogP contribution in [0.1, 0.15) is 37.7 Å². The fourth-order valence-electron chi connectivity index (χ4n) is 3.40. The van der Waals surface area contributed by atoms with Crippen molar-refractivity contribution in [3.8, 4) is 0 Å². The molecule has 6 nitrogen and oxygen atoms in total. The lowest BCUT2D eigenvalue weighted by Crippen LogP contribution is -2.40. The van der Waals surface area contributed by atoms with E-state index in [4.69, 9.17) is 4.74 Å². The molecule has 136 valence electrons. The number of likely N-dealkylation sites (N-methyl/N-ethyl adjacent to an activating group) is 1. The van der Waals surface area contributed by atoms with Gasteiger partial charge in [-0.25, -0.2) is 4.79 Å². The number of nitrogens with one attached hydrogen (secondary N) is 1. The van der Waals surface area contributed by atoms with E-state index in [1.807, 2.05) is 29.2 Å². The molecular weight excluding hydrogens is 318 g/mol. The summed E-state index contributed by atoms with van der Waals surface area (Å²) < 4.78 is 5.57. The fraction of sp³-hybridized carbons (Fsp3) is 0.579. The average Bonchev–Trinajstić information content (AvgIpc) is 3.13. The lowest BCUT2D eigenvalue weighted by molar-refractivity contribution is -0.119. The summed E-state index contributed by atoms with van der Waals surface area (Å²) in [6, 6.07) is 7.75. The van der Waals surface area contributed by atoms with E-state index in [0.29, 0.717) is 19.5 Å². The van der Waals surface area contributed by atoms with Gasteiger partial charge in [0.05, 0.1) is 6.10 Å². The van der Waals surface area contributed by atoms with Gasteiger partial charge in [0.15, 0.2) is 0 Å². The molecule has 1 atom stereocenters. The Hall–Kier alpha value is -2.08. The topological polar surface area (TPSA) is 61.9 Å². The first-order valence-corrected chi connectivity index (χ1v) is 9.13. The van der Waals surface area contributed by atoms with Gasteiger partial charge < -0.3 is 19.9 Å². The molecule has 2 aliphatic rings. The number of carbonyl (C=O) groups is 2. The van der Waals surface area contributed by atoms with Crippen LogP contribution in [0.2, 0.25) is 0 Å². The van der Waals surface area contributed by atoms with E-state index in [9.17, 15) is 9.59 Å². The van der Waals surface area contributed by atoms with Gasteiger partial charge in [-0.1, -0.05) is 12.1 Å². The van der Waals surface area contributed by atoms with Crippen molar-refractivity contribution < 1.29 is 14.3 Å². The molecule has 0 aromatic heterocycles. The number of ether oxygens (including phenoxy) is 1. The van der Waals surface area contributed by atoms with E-state index >= 15 is 0 Å². The van der Waals surface area contributed by atoms with Crippen LogP contribution < -0.4 is 10.2 Å². The molecule has 1 aromatic carbocycles. The number of carbonyl (C=O) groups excluding carboxylic acids is 2. The summed E-state index contributed by atoms with van der Waals surface area (Å²) in [5.41, 5.74) is 1.92. The molecule has 0 radical (unpaired) electrons. The summed E-state index contributed by atoms with van der Waals surface area (Å²) in [4.78, 5) is 27.8. The van der Waals surface area contributed by atoms with Gasteiger partial charge in [-0.2, -0.15) is 0 Å². The van der Waals surface area contributed by atoms with Crippen LogP contribution in [0.15, 0.2) is 24.3 Å². The summed E-state index contributed by atoms with van der Waals surface area (Å²) in [5, 5.41) is 2.94. The quantitative estimate of drug-likeness (QED) is 0.892. The third kappa shape index (κ3) is 4.72. The number of nitrogens with zero attached hydrogens (tertiary/aromatic N) is 2. The summed E-state index contributed by atoms with van der Waals surface area (Å²) in [5.74, 6) is 0.184. The number of rotatable bonds is 5. The molecule has 25 heavy (non-hydrogen) atoms. The fourth-order valence-corrected chi connectivity index (χ4v) is 3.40. The number of piperidine rings is 1. The minimum Gasteiger partial charge on any atom is -0.376 e. The Morgan fingerprint density at radius 2 is 2.24 bits per heavy atom. The standard InChI is InChI=1S/C19H27N3O3/c1-21(14-17-8-5-11-25-17)19(24)20-13-15-6-4-7-16(12-15)22-10-3-2-9-18(22)23/h4,6-7,12,17H,2-3,5,8-11,13-14H2,1H3,(H,20,24)/t17-/m0/s1. The van der Waals surface area contributed by atoms with Crippen molar-refractivity contribution in [3.05, 3.63) is 29.8 Å².